The van der Waals surface area contributed by atoms with Gasteiger partial charge in [0.1, 0.15) is 0 Å². The molecular weight excluding hydrogens is 328 g/mol. The van der Waals surface area contributed by atoms with Gasteiger partial charge in [0.25, 0.3) is 0 Å². The van der Waals surface area contributed by atoms with Gasteiger partial charge in [-0.25, -0.2) is 13.2 Å². The molecule has 1 heterocycles. The van der Waals surface area contributed by atoms with E-state index in [1.807, 2.05) is 0 Å². The van der Waals surface area contributed by atoms with Gasteiger partial charge in [0, 0.05) is 11.0 Å². The molecule has 0 unspecified atom stereocenters. The van der Waals surface area contributed by atoms with Crippen LogP contribution in [0.2, 0.25) is 5.02 Å². The summed E-state index contributed by atoms with van der Waals surface area (Å²) in [6.45, 7) is 6.51. The topological polar surface area (TPSA) is 77.5 Å². The number of ketones is 1. The van der Waals surface area contributed by atoms with Gasteiger partial charge in [0.2, 0.25) is 0 Å². The Morgan fingerprint density at radius 3 is 2.55 bits per heavy atom. The molecule has 0 radical (unpaired) electrons. The molecule has 0 N–H and O–H groups in total. The zero-order valence-corrected chi connectivity index (χ0v) is 14.4. The molecule has 0 bridgehead atoms. The molecule has 120 valence electrons. The average Bonchev–Trinajstić information content (AvgIpc) is 2.37. The van der Waals surface area contributed by atoms with Crippen LogP contribution in [0.4, 0.5) is 0 Å². The van der Waals surface area contributed by atoms with E-state index in [9.17, 15) is 18.0 Å². The van der Waals surface area contributed by atoms with Gasteiger partial charge in [-0.1, -0.05) is 25.4 Å². The smallest absolute Gasteiger partial charge is 0.338 e. The van der Waals surface area contributed by atoms with Gasteiger partial charge in [-0.05, 0) is 25.5 Å². The summed E-state index contributed by atoms with van der Waals surface area (Å²) in [6, 6.07) is 1.26. The number of esters is 1. The third kappa shape index (κ3) is 2.54. The largest absolute Gasteiger partial charge is 0.462 e. The summed E-state index contributed by atoms with van der Waals surface area (Å²) < 4.78 is 29.9. The zero-order valence-electron chi connectivity index (χ0n) is 12.8. The first kappa shape index (κ1) is 17.0. The number of fused-ring (bicyclic) bond motifs is 1. The maximum Gasteiger partial charge on any atom is 0.338 e. The highest BCUT2D eigenvalue weighted by atomic mass is 35.5. The molecule has 1 aliphatic rings. The molecule has 0 aliphatic carbocycles. The summed E-state index contributed by atoms with van der Waals surface area (Å²) in [7, 11) is -3.70. The van der Waals surface area contributed by atoms with Crippen molar-refractivity contribution in [3.8, 4) is 0 Å². The lowest BCUT2D eigenvalue weighted by molar-refractivity contribution is 0.0525. The van der Waals surface area contributed by atoms with E-state index in [-0.39, 0.29) is 39.2 Å². The van der Waals surface area contributed by atoms with Crippen LogP contribution < -0.4 is 0 Å². The standard InChI is InChI=1S/C15H17ClO5S/c1-5-21-14(18)9-6-10(16)12-11(8(9)2)13(17)15(3,4)7-22(12,19)20/h6H,5,7H2,1-4H3. The lowest BCUT2D eigenvalue weighted by Gasteiger charge is -2.31. The molecule has 2 rings (SSSR count). The highest BCUT2D eigenvalue weighted by Gasteiger charge is 2.45. The predicted molar refractivity (Wildman–Crippen MR) is 82.3 cm³/mol. The molecule has 22 heavy (non-hydrogen) atoms. The Bertz CT molecular complexity index is 778. The van der Waals surface area contributed by atoms with Crippen LogP contribution in [0, 0.1) is 12.3 Å². The van der Waals surface area contributed by atoms with E-state index in [4.69, 9.17) is 16.3 Å². The SMILES string of the molecule is CCOC(=O)c1cc(Cl)c2c(c1C)C(=O)C(C)(C)CS2(=O)=O. The number of sulfone groups is 1. The number of carbonyl (C=O) groups excluding carboxylic acids is 2. The highest BCUT2D eigenvalue weighted by Crippen LogP contribution is 2.41. The van der Waals surface area contributed by atoms with Crippen molar-refractivity contribution in [1.29, 1.82) is 0 Å². The van der Waals surface area contributed by atoms with Crippen LogP contribution in [0.25, 0.3) is 0 Å². The molecule has 0 atom stereocenters. The van der Waals surface area contributed by atoms with Crippen molar-refractivity contribution >= 4 is 33.2 Å². The van der Waals surface area contributed by atoms with Gasteiger partial charge in [0.05, 0.1) is 27.8 Å². The Morgan fingerprint density at radius 2 is 2.00 bits per heavy atom. The molecule has 1 aromatic rings. The summed E-state index contributed by atoms with van der Waals surface area (Å²) in [6.07, 6.45) is 0. The number of halogens is 1. The second-order valence-corrected chi connectivity index (χ2v) is 8.26. The quantitative estimate of drug-likeness (QED) is 0.771. The van der Waals surface area contributed by atoms with Gasteiger partial charge >= 0.3 is 5.97 Å². The molecule has 1 aromatic carbocycles. The number of carbonyl (C=O) groups is 2. The van der Waals surface area contributed by atoms with E-state index < -0.39 is 21.2 Å². The van der Waals surface area contributed by atoms with Crippen molar-refractivity contribution in [2.24, 2.45) is 5.41 Å². The highest BCUT2D eigenvalue weighted by molar-refractivity contribution is 7.91. The number of Topliss-reactive ketones (excluding diaryl/α,β-unsaturated/α-hetero) is 1. The number of hydrogen-bond acceptors (Lipinski definition) is 5. The molecule has 1 aliphatic heterocycles. The van der Waals surface area contributed by atoms with Crippen LogP contribution in [0.5, 0.6) is 0 Å². The van der Waals surface area contributed by atoms with E-state index in [0.717, 1.165) is 0 Å². The molecule has 0 amide bonds. The third-order valence-corrected chi connectivity index (χ3v) is 6.25. The van der Waals surface area contributed by atoms with Crippen LogP contribution in [-0.2, 0) is 14.6 Å². The molecule has 7 heteroatoms. The lowest BCUT2D eigenvalue weighted by atomic mass is 9.83. The summed E-state index contributed by atoms with van der Waals surface area (Å²) >= 11 is 6.07. The first-order valence-electron chi connectivity index (χ1n) is 6.80. The van der Waals surface area contributed by atoms with Gasteiger partial charge in [-0.2, -0.15) is 0 Å². The lowest BCUT2D eigenvalue weighted by Crippen LogP contribution is -2.39. The predicted octanol–water partition coefficient (Wildman–Crippen LogP) is 2.82. The molecule has 0 saturated carbocycles. The minimum absolute atomic E-state index is 0.00630. The van der Waals surface area contributed by atoms with E-state index >= 15 is 0 Å². The van der Waals surface area contributed by atoms with E-state index in [1.165, 1.54) is 13.0 Å². The summed E-state index contributed by atoms with van der Waals surface area (Å²) in [5.41, 5.74) is -0.648. The fourth-order valence-corrected chi connectivity index (χ4v) is 5.37. The second kappa shape index (κ2) is 5.35. The Kier molecular flexibility index (Phi) is 4.13. The minimum Gasteiger partial charge on any atom is -0.462 e. The molecule has 0 fully saturated rings. The molecule has 0 spiro atoms. The Balaban J connectivity index is 2.84. The maximum absolute atomic E-state index is 12.7. The summed E-state index contributed by atoms with van der Waals surface area (Å²) in [4.78, 5) is 24.5. The van der Waals surface area contributed by atoms with Crippen LogP contribution in [-0.4, -0.2) is 32.5 Å². The summed E-state index contributed by atoms with van der Waals surface area (Å²) in [5.74, 6) is -1.26. The fourth-order valence-electron chi connectivity index (χ4n) is 2.67. The van der Waals surface area contributed by atoms with Crippen molar-refractivity contribution in [2.45, 2.75) is 32.6 Å². The van der Waals surface area contributed by atoms with E-state index in [0.29, 0.717) is 5.56 Å². The van der Waals surface area contributed by atoms with E-state index in [1.54, 1.807) is 20.8 Å². The van der Waals surface area contributed by atoms with Crippen molar-refractivity contribution in [1.82, 2.24) is 0 Å². The van der Waals surface area contributed by atoms with Crippen molar-refractivity contribution < 1.29 is 22.7 Å². The van der Waals surface area contributed by atoms with Gasteiger partial charge in [0.15, 0.2) is 15.6 Å². The van der Waals surface area contributed by atoms with Gasteiger partial charge < -0.3 is 4.74 Å². The van der Waals surface area contributed by atoms with Crippen molar-refractivity contribution in [3.05, 3.63) is 27.8 Å². The second-order valence-electron chi connectivity index (χ2n) is 5.93. The number of rotatable bonds is 2. The monoisotopic (exact) mass is 344 g/mol. The zero-order chi connectivity index (χ0) is 16.9. The molecular formula is C15H17ClO5S. The van der Waals surface area contributed by atoms with Crippen molar-refractivity contribution in [2.75, 3.05) is 12.4 Å². The Labute approximate surface area is 134 Å². The van der Waals surface area contributed by atoms with Crippen LogP contribution in [0.15, 0.2) is 11.0 Å². The van der Waals surface area contributed by atoms with E-state index in [2.05, 4.69) is 0 Å². The third-order valence-electron chi connectivity index (χ3n) is 3.69. The Morgan fingerprint density at radius 1 is 1.41 bits per heavy atom. The van der Waals surface area contributed by atoms with Crippen molar-refractivity contribution in [3.63, 3.8) is 0 Å². The normalized spacial score (nSPS) is 18.7. The fraction of sp³-hybridized carbons (Fsp3) is 0.467. The van der Waals surface area contributed by atoms with Crippen LogP contribution >= 0.6 is 11.6 Å². The number of hydrogen-bond donors (Lipinski definition) is 0. The average molecular weight is 345 g/mol. The molecule has 0 saturated heterocycles. The Hall–Kier alpha value is -1.40. The van der Waals surface area contributed by atoms with Crippen LogP contribution in [0.1, 0.15) is 47.1 Å². The number of ether oxygens (including phenoxy) is 1. The van der Waals surface area contributed by atoms with Crippen LogP contribution in [0.3, 0.4) is 0 Å². The number of benzene rings is 1. The first-order valence-corrected chi connectivity index (χ1v) is 8.83. The van der Waals surface area contributed by atoms with Gasteiger partial charge in [-0.15, -0.1) is 0 Å². The minimum atomic E-state index is -3.70. The first-order chi connectivity index (χ1) is 10.0. The van der Waals surface area contributed by atoms with Gasteiger partial charge in [-0.3, -0.25) is 4.79 Å². The molecule has 5 nitrogen and oxygen atoms in total. The maximum atomic E-state index is 12.7. The summed E-state index contributed by atoms with van der Waals surface area (Å²) in [5, 5.41) is -0.118. The molecule has 0 aromatic heterocycles.